The van der Waals surface area contributed by atoms with Crippen LogP contribution in [0.5, 0.6) is 0 Å². The molecule has 0 bridgehead atoms. The van der Waals surface area contributed by atoms with Gasteiger partial charge in [0.05, 0.1) is 36.2 Å². The number of esters is 1. The van der Waals surface area contributed by atoms with E-state index in [0.29, 0.717) is 5.69 Å². The van der Waals surface area contributed by atoms with Gasteiger partial charge < -0.3 is 19.5 Å². The molecule has 0 aliphatic carbocycles. The van der Waals surface area contributed by atoms with Crippen LogP contribution in [-0.2, 0) is 38.6 Å². The SMILES string of the molecule is COC(=O)c1ccc(N2C(=O)CC(N(CC(OC)OC)S(=O)(=O)c3ccc(NC(C)=O)cc3)C2=O)cc1. The largest absolute Gasteiger partial charge is 0.465 e. The molecule has 12 nitrogen and oxygen atoms in total. The lowest BCUT2D eigenvalue weighted by Crippen LogP contribution is -2.49. The number of amides is 3. The van der Waals surface area contributed by atoms with Gasteiger partial charge in [-0.3, -0.25) is 14.4 Å². The summed E-state index contributed by atoms with van der Waals surface area (Å²) in [4.78, 5) is 50.0. The van der Waals surface area contributed by atoms with Gasteiger partial charge in [0, 0.05) is 26.8 Å². The fourth-order valence-corrected chi connectivity index (χ4v) is 5.38. The van der Waals surface area contributed by atoms with Crippen LogP contribution < -0.4 is 10.2 Å². The fourth-order valence-electron chi connectivity index (χ4n) is 3.81. The lowest BCUT2D eigenvalue weighted by molar-refractivity contribution is -0.126. The molecule has 3 amide bonds. The molecule has 1 aliphatic heterocycles. The minimum Gasteiger partial charge on any atom is -0.465 e. The Morgan fingerprint density at radius 2 is 1.62 bits per heavy atom. The fraction of sp³-hybridized carbons (Fsp3) is 0.333. The Bertz CT molecular complexity index is 1270. The molecule has 198 valence electrons. The van der Waals surface area contributed by atoms with Gasteiger partial charge >= 0.3 is 5.97 Å². The first-order chi connectivity index (χ1) is 17.5. The first-order valence-corrected chi connectivity index (χ1v) is 12.5. The number of hydrogen-bond donors (Lipinski definition) is 1. The molecule has 0 saturated carbocycles. The highest BCUT2D eigenvalue weighted by Crippen LogP contribution is 2.30. The summed E-state index contributed by atoms with van der Waals surface area (Å²) in [6.45, 7) is 0.946. The summed E-state index contributed by atoms with van der Waals surface area (Å²) < 4.78 is 43.2. The van der Waals surface area contributed by atoms with E-state index in [1.165, 1.54) is 76.8 Å². The minimum atomic E-state index is -4.33. The number of carbonyl (C=O) groups excluding carboxylic acids is 4. The Kier molecular flexibility index (Phi) is 8.76. The zero-order valence-electron chi connectivity index (χ0n) is 20.7. The minimum absolute atomic E-state index is 0.159. The summed E-state index contributed by atoms with van der Waals surface area (Å²) in [5.74, 6) is -2.29. The average Bonchev–Trinajstić information content (AvgIpc) is 3.17. The Labute approximate surface area is 214 Å². The number of benzene rings is 2. The van der Waals surface area contributed by atoms with E-state index in [4.69, 9.17) is 9.47 Å². The second-order valence-corrected chi connectivity index (χ2v) is 9.90. The van der Waals surface area contributed by atoms with Crippen molar-refractivity contribution in [2.75, 3.05) is 38.1 Å². The van der Waals surface area contributed by atoms with E-state index in [9.17, 15) is 27.6 Å². The van der Waals surface area contributed by atoms with Gasteiger partial charge in [-0.25, -0.2) is 18.1 Å². The third-order valence-electron chi connectivity index (χ3n) is 5.65. The topological polar surface area (TPSA) is 149 Å². The maximum atomic E-state index is 13.7. The summed E-state index contributed by atoms with van der Waals surface area (Å²) in [6.07, 6.45) is -1.44. The third kappa shape index (κ3) is 6.02. The molecular formula is C24H27N3O9S. The number of anilines is 2. The van der Waals surface area contributed by atoms with E-state index in [2.05, 4.69) is 10.1 Å². The van der Waals surface area contributed by atoms with Crippen LogP contribution in [0.4, 0.5) is 11.4 Å². The first kappa shape index (κ1) is 27.9. The number of carbonyl (C=O) groups is 4. The van der Waals surface area contributed by atoms with Gasteiger partial charge in [-0.05, 0) is 48.5 Å². The molecular weight excluding hydrogens is 506 g/mol. The van der Waals surface area contributed by atoms with Gasteiger partial charge in [0.1, 0.15) is 6.04 Å². The van der Waals surface area contributed by atoms with Crippen molar-refractivity contribution < 1.29 is 41.8 Å². The molecule has 0 aromatic heterocycles. The Balaban J connectivity index is 1.97. The average molecular weight is 534 g/mol. The lowest BCUT2D eigenvalue weighted by atomic mass is 10.2. The van der Waals surface area contributed by atoms with Crippen molar-refractivity contribution in [2.45, 2.75) is 30.6 Å². The molecule has 1 unspecified atom stereocenters. The molecule has 1 N–H and O–H groups in total. The van der Waals surface area contributed by atoms with Crippen LogP contribution in [0, 0.1) is 0 Å². The predicted octanol–water partition coefficient (Wildman–Crippen LogP) is 1.37. The van der Waals surface area contributed by atoms with E-state index >= 15 is 0 Å². The molecule has 1 atom stereocenters. The predicted molar refractivity (Wildman–Crippen MR) is 131 cm³/mol. The molecule has 1 heterocycles. The number of nitrogens with one attached hydrogen (secondary N) is 1. The van der Waals surface area contributed by atoms with Crippen LogP contribution in [0.2, 0.25) is 0 Å². The summed E-state index contributed by atoms with van der Waals surface area (Å²) in [7, 11) is -0.467. The maximum Gasteiger partial charge on any atom is 0.337 e. The number of rotatable bonds is 10. The molecule has 0 radical (unpaired) electrons. The van der Waals surface area contributed by atoms with Crippen molar-refractivity contribution in [1.29, 1.82) is 0 Å². The van der Waals surface area contributed by atoms with Gasteiger partial charge in [0.25, 0.3) is 5.91 Å². The van der Waals surface area contributed by atoms with Crippen molar-refractivity contribution >= 4 is 45.1 Å². The van der Waals surface area contributed by atoms with Gasteiger partial charge in [-0.2, -0.15) is 4.31 Å². The molecule has 2 aromatic carbocycles. The van der Waals surface area contributed by atoms with Crippen LogP contribution in [-0.4, -0.2) is 76.6 Å². The number of sulfonamides is 1. The monoisotopic (exact) mass is 533 g/mol. The number of hydrogen-bond acceptors (Lipinski definition) is 9. The van der Waals surface area contributed by atoms with Crippen molar-refractivity contribution in [3.63, 3.8) is 0 Å². The Hall–Kier alpha value is -3.65. The second kappa shape index (κ2) is 11.6. The maximum absolute atomic E-state index is 13.7. The summed E-state index contributed by atoms with van der Waals surface area (Å²) in [5, 5.41) is 2.55. The molecule has 1 aliphatic rings. The second-order valence-electron chi connectivity index (χ2n) is 8.01. The van der Waals surface area contributed by atoms with E-state index in [1.807, 2.05) is 0 Å². The Morgan fingerprint density at radius 3 is 2.14 bits per heavy atom. The molecule has 1 saturated heterocycles. The number of methoxy groups -OCH3 is 3. The van der Waals surface area contributed by atoms with Crippen LogP contribution in [0.15, 0.2) is 53.4 Å². The molecule has 37 heavy (non-hydrogen) atoms. The zero-order chi connectivity index (χ0) is 27.3. The Morgan fingerprint density at radius 1 is 1.03 bits per heavy atom. The number of imide groups is 1. The first-order valence-electron chi connectivity index (χ1n) is 11.0. The molecule has 2 aromatic rings. The quantitative estimate of drug-likeness (QED) is 0.271. The van der Waals surface area contributed by atoms with E-state index in [0.717, 1.165) is 9.21 Å². The van der Waals surface area contributed by atoms with E-state index in [1.54, 1.807) is 0 Å². The standard InChI is InChI=1S/C24H27N3O9S/c1-15(28)25-17-7-11-19(12-8-17)37(32,33)26(14-22(34-2)35-3)20-13-21(29)27(23(20)30)18-9-5-16(6-10-18)24(31)36-4/h5-12,20,22H,13-14H2,1-4H3,(H,25,28). The van der Waals surface area contributed by atoms with Crippen molar-refractivity contribution in [3.05, 3.63) is 54.1 Å². The van der Waals surface area contributed by atoms with Crippen LogP contribution in [0.1, 0.15) is 23.7 Å². The number of ether oxygens (including phenoxy) is 3. The highest BCUT2D eigenvalue weighted by Gasteiger charge is 2.47. The van der Waals surface area contributed by atoms with Crippen LogP contribution in [0.3, 0.4) is 0 Å². The normalized spacial score (nSPS) is 15.9. The summed E-state index contributed by atoms with van der Waals surface area (Å²) in [5.41, 5.74) is 0.785. The van der Waals surface area contributed by atoms with Gasteiger partial charge in [-0.15, -0.1) is 0 Å². The zero-order valence-corrected chi connectivity index (χ0v) is 21.5. The van der Waals surface area contributed by atoms with Crippen LogP contribution >= 0.6 is 0 Å². The van der Waals surface area contributed by atoms with Gasteiger partial charge in [-0.1, -0.05) is 0 Å². The lowest BCUT2D eigenvalue weighted by Gasteiger charge is -2.29. The molecule has 3 rings (SSSR count). The van der Waals surface area contributed by atoms with Crippen molar-refractivity contribution in [2.24, 2.45) is 0 Å². The highest BCUT2D eigenvalue weighted by atomic mass is 32.2. The summed E-state index contributed by atoms with van der Waals surface area (Å²) in [6, 6.07) is 9.60. The van der Waals surface area contributed by atoms with E-state index < -0.39 is 46.6 Å². The van der Waals surface area contributed by atoms with E-state index in [-0.39, 0.29) is 28.6 Å². The van der Waals surface area contributed by atoms with Crippen molar-refractivity contribution in [1.82, 2.24) is 4.31 Å². The van der Waals surface area contributed by atoms with Gasteiger partial charge in [0.15, 0.2) is 6.29 Å². The smallest absolute Gasteiger partial charge is 0.337 e. The molecule has 1 fully saturated rings. The number of nitrogens with zero attached hydrogens (tertiary/aromatic N) is 2. The van der Waals surface area contributed by atoms with Crippen molar-refractivity contribution in [3.8, 4) is 0 Å². The van der Waals surface area contributed by atoms with Crippen LogP contribution in [0.25, 0.3) is 0 Å². The molecule has 0 spiro atoms. The third-order valence-corrected chi connectivity index (χ3v) is 7.54. The van der Waals surface area contributed by atoms with Gasteiger partial charge in [0.2, 0.25) is 21.8 Å². The molecule has 13 heteroatoms. The summed E-state index contributed by atoms with van der Waals surface area (Å²) >= 11 is 0. The highest BCUT2D eigenvalue weighted by molar-refractivity contribution is 7.89.